The Labute approximate surface area is 151 Å². The predicted molar refractivity (Wildman–Crippen MR) is 95.1 cm³/mol. The van der Waals surface area contributed by atoms with Gasteiger partial charge in [-0.3, -0.25) is 4.79 Å². The number of fused-ring (bicyclic) bond motifs is 1. The van der Waals surface area contributed by atoms with Crippen LogP contribution in [0.4, 0.5) is 5.82 Å². The van der Waals surface area contributed by atoms with E-state index in [0.717, 1.165) is 67.6 Å². The lowest BCUT2D eigenvalue weighted by Crippen LogP contribution is -2.49. The maximum Gasteiger partial charge on any atom is 0.231 e. The van der Waals surface area contributed by atoms with E-state index < -0.39 is 0 Å². The highest BCUT2D eigenvalue weighted by molar-refractivity contribution is 5.81. The van der Waals surface area contributed by atoms with Crippen molar-refractivity contribution in [3.8, 4) is 22.8 Å². The zero-order chi connectivity index (χ0) is 17.5. The molecule has 3 aliphatic rings. The topological polar surface area (TPSA) is 67.8 Å². The molecule has 7 nitrogen and oxygen atoms in total. The van der Waals surface area contributed by atoms with Crippen molar-refractivity contribution in [3.05, 3.63) is 30.3 Å². The van der Waals surface area contributed by atoms with E-state index in [4.69, 9.17) is 9.47 Å². The number of hydrogen-bond donors (Lipinski definition) is 0. The molecule has 1 saturated carbocycles. The molecule has 1 saturated heterocycles. The van der Waals surface area contributed by atoms with Crippen molar-refractivity contribution in [1.29, 1.82) is 0 Å². The van der Waals surface area contributed by atoms with Gasteiger partial charge in [0.05, 0.1) is 5.69 Å². The summed E-state index contributed by atoms with van der Waals surface area (Å²) in [7, 11) is 0. The second-order valence-electron chi connectivity index (χ2n) is 6.93. The second kappa shape index (κ2) is 6.16. The van der Waals surface area contributed by atoms with Crippen molar-refractivity contribution in [1.82, 2.24) is 15.1 Å². The third-order valence-electron chi connectivity index (χ3n) is 5.16. The Morgan fingerprint density at radius 3 is 2.50 bits per heavy atom. The summed E-state index contributed by atoms with van der Waals surface area (Å²) in [4.78, 5) is 16.3. The lowest BCUT2D eigenvalue weighted by molar-refractivity contribution is -0.132. The van der Waals surface area contributed by atoms with Gasteiger partial charge in [-0.1, -0.05) is 0 Å². The van der Waals surface area contributed by atoms with Crippen LogP contribution in [0.2, 0.25) is 0 Å². The smallest absolute Gasteiger partial charge is 0.231 e. The molecule has 26 heavy (non-hydrogen) atoms. The molecule has 2 aromatic rings. The predicted octanol–water partition coefficient (Wildman–Crippen LogP) is 1.93. The molecule has 1 aromatic heterocycles. The first-order valence-corrected chi connectivity index (χ1v) is 9.05. The minimum atomic E-state index is 0.263. The van der Waals surface area contributed by atoms with E-state index in [2.05, 4.69) is 15.1 Å². The summed E-state index contributed by atoms with van der Waals surface area (Å²) >= 11 is 0. The molecule has 3 heterocycles. The molecule has 1 aliphatic carbocycles. The number of amides is 1. The quantitative estimate of drug-likeness (QED) is 0.841. The fourth-order valence-electron chi connectivity index (χ4n) is 3.45. The molecular weight excluding hydrogens is 332 g/mol. The summed E-state index contributed by atoms with van der Waals surface area (Å²) in [5.41, 5.74) is 1.75. The van der Waals surface area contributed by atoms with E-state index in [-0.39, 0.29) is 6.79 Å². The number of rotatable bonds is 3. The minimum absolute atomic E-state index is 0.263. The van der Waals surface area contributed by atoms with Crippen LogP contribution in [-0.2, 0) is 4.79 Å². The van der Waals surface area contributed by atoms with Gasteiger partial charge in [-0.2, -0.15) is 0 Å². The molecule has 0 spiro atoms. The number of carbonyl (C=O) groups is 1. The number of carbonyl (C=O) groups excluding carboxylic acids is 1. The lowest BCUT2D eigenvalue weighted by atomic mass is 10.1. The van der Waals surface area contributed by atoms with Crippen molar-refractivity contribution in [3.63, 3.8) is 0 Å². The summed E-state index contributed by atoms with van der Waals surface area (Å²) in [6.07, 6.45) is 2.12. The SMILES string of the molecule is O=C(C1CC1)N1CCN(c2ccc(-c3ccc4c(c3)OCO4)nn2)CC1. The van der Waals surface area contributed by atoms with Gasteiger partial charge in [0.25, 0.3) is 0 Å². The number of benzene rings is 1. The number of aromatic nitrogens is 2. The van der Waals surface area contributed by atoms with Crippen LogP contribution in [0.5, 0.6) is 11.5 Å². The molecule has 0 N–H and O–H groups in total. The largest absolute Gasteiger partial charge is 0.454 e. The van der Waals surface area contributed by atoms with E-state index in [1.54, 1.807) is 0 Å². The average Bonchev–Trinajstić information content (AvgIpc) is 3.45. The van der Waals surface area contributed by atoms with Crippen molar-refractivity contribution in [2.24, 2.45) is 5.92 Å². The van der Waals surface area contributed by atoms with Crippen LogP contribution < -0.4 is 14.4 Å². The molecule has 0 bridgehead atoms. The van der Waals surface area contributed by atoms with Gasteiger partial charge in [0.2, 0.25) is 12.7 Å². The fraction of sp³-hybridized carbons (Fsp3) is 0.421. The highest BCUT2D eigenvalue weighted by Gasteiger charge is 2.34. The summed E-state index contributed by atoms with van der Waals surface area (Å²) < 4.78 is 10.8. The van der Waals surface area contributed by atoms with Crippen molar-refractivity contribution >= 4 is 11.7 Å². The monoisotopic (exact) mass is 352 g/mol. The Morgan fingerprint density at radius 2 is 1.77 bits per heavy atom. The standard InChI is InChI=1S/C19H20N4O3/c24-19(13-1-2-13)23-9-7-22(8-10-23)18-6-4-15(20-21-18)14-3-5-16-17(11-14)26-12-25-16/h3-6,11,13H,1-2,7-10,12H2. The number of ether oxygens (including phenoxy) is 2. The molecule has 0 radical (unpaired) electrons. The van der Waals surface area contributed by atoms with Crippen LogP contribution in [-0.4, -0.2) is 54.0 Å². The summed E-state index contributed by atoms with van der Waals surface area (Å²) in [5.74, 6) is 2.98. The summed E-state index contributed by atoms with van der Waals surface area (Å²) in [5, 5.41) is 8.76. The maximum atomic E-state index is 12.1. The van der Waals surface area contributed by atoms with Crippen LogP contribution in [0.15, 0.2) is 30.3 Å². The van der Waals surface area contributed by atoms with Gasteiger partial charge in [0, 0.05) is 37.7 Å². The number of nitrogens with zero attached hydrogens (tertiary/aromatic N) is 4. The van der Waals surface area contributed by atoms with E-state index in [0.29, 0.717) is 11.8 Å². The Kier molecular flexibility index (Phi) is 3.65. The molecule has 1 aromatic carbocycles. The van der Waals surface area contributed by atoms with Crippen LogP contribution in [0.3, 0.4) is 0 Å². The molecule has 1 amide bonds. The third kappa shape index (κ3) is 2.83. The fourth-order valence-corrected chi connectivity index (χ4v) is 3.45. The van der Waals surface area contributed by atoms with Crippen molar-refractivity contribution in [2.45, 2.75) is 12.8 Å². The number of anilines is 1. The van der Waals surface area contributed by atoms with E-state index in [1.165, 1.54) is 0 Å². The molecule has 2 aliphatic heterocycles. The van der Waals surface area contributed by atoms with Crippen molar-refractivity contribution < 1.29 is 14.3 Å². The number of hydrogen-bond acceptors (Lipinski definition) is 6. The van der Waals surface area contributed by atoms with Gasteiger partial charge >= 0.3 is 0 Å². The Bertz CT molecular complexity index is 827. The normalized spacial score (nSPS) is 18.9. The zero-order valence-corrected chi connectivity index (χ0v) is 14.4. The average molecular weight is 352 g/mol. The highest BCUT2D eigenvalue weighted by atomic mass is 16.7. The van der Waals surface area contributed by atoms with Crippen LogP contribution in [0.1, 0.15) is 12.8 Å². The van der Waals surface area contributed by atoms with Gasteiger partial charge < -0.3 is 19.3 Å². The molecule has 7 heteroatoms. The van der Waals surface area contributed by atoms with Crippen LogP contribution in [0, 0.1) is 5.92 Å². The van der Waals surface area contributed by atoms with Crippen LogP contribution >= 0.6 is 0 Å². The molecule has 134 valence electrons. The second-order valence-corrected chi connectivity index (χ2v) is 6.93. The molecule has 0 unspecified atom stereocenters. The molecule has 0 atom stereocenters. The summed E-state index contributed by atoms with van der Waals surface area (Å²) in [6, 6.07) is 9.74. The number of piperazine rings is 1. The van der Waals surface area contributed by atoms with E-state index in [1.807, 2.05) is 35.2 Å². The maximum absolute atomic E-state index is 12.1. The van der Waals surface area contributed by atoms with E-state index in [9.17, 15) is 4.79 Å². The van der Waals surface area contributed by atoms with E-state index >= 15 is 0 Å². The van der Waals surface area contributed by atoms with Gasteiger partial charge in [0.15, 0.2) is 17.3 Å². The molecular formula is C19H20N4O3. The first-order chi connectivity index (χ1) is 12.8. The van der Waals surface area contributed by atoms with Gasteiger partial charge in [-0.15, -0.1) is 10.2 Å². The first kappa shape index (κ1) is 15.4. The zero-order valence-electron chi connectivity index (χ0n) is 14.4. The van der Waals surface area contributed by atoms with Crippen LogP contribution in [0.25, 0.3) is 11.3 Å². The van der Waals surface area contributed by atoms with Gasteiger partial charge in [-0.25, -0.2) is 0 Å². The lowest BCUT2D eigenvalue weighted by Gasteiger charge is -2.35. The van der Waals surface area contributed by atoms with Gasteiger partial charge in [-0.05, 0) is 43.2 Å². The van der Waals surface area contributed by atoms with Crippen molar-refractivity contribution in [2.75, 3.05) is 37.9 Å². The highest BCUT2D eigenvalue weighted by Crippen LogP contribution is 2.35. The summed E-state index contributed by atoms with van der Waals surface area (Å²) in [6.45, 7) is 3.40. The van der Waals surface area contributed by atoms with Gasteiger partial charge in [0.1, 0.15) is 0 Å². The molecule has 5 rings (SSSR count). The Hall–Kier alpha value is -2.83. The first-order valence-electron chi connectivity index (χ1n) is 9.05. The Morgan fingerprint density at radius 1 is 0.962 bits per heavy atom. The molecule has 2 fully saturated rings. The minimum Gasteiger partial charge on any atom is -0.454 e. The third-order valence-corrected chi connectivity index (χ3v) is 5.16. The Balaban J connectivity index is 1.26.